The molecule has 2 heterocycles. The van der Waals surface area contributed by atoms with Gasteiger partial charge in [-0.3, -0.25) is 4.79 Å². The van der Waals surface area contributed by atoms with E-state index in [1.54, 1.807) is 50.4 Å². The average Bonchev–Trinajstić information content (AvgIpc) is 2.64. The molecule has 0 radical (unpaired) electrons. The molecule has 2 aromatic heterocycles. The summed E-state index contributed by atoms with van der Waals surface area (Å²) in [6.45, 7) is 3.62. The van der Waals surface area contributed by atoms with Crippen molar-refractivity contribution in [2.24, 2.45) is 0 Å². The molecule has 3 rings (SSSR count). The fraction of sp³-hybridized carbons (Fsp3) is 0.211. The second-order valence-corrected chi connectivity index (χ2v) is 5.98. The lowest BCUT2D eigenvalue weighted by molar-refractivity contribution is 0.186. The number of benzene rings is 1. The summed E-state index contributed by atoms with van der Waals surface area (Å²) in [6.07, 6.45) is 0.584. The molecule has 26 heavy (non-hydrogen) atoms. The highest BCUT2D eigenvalue weighted by Crippen LogP contribution is 2.19. The summed E-state index contributed by atoms with van der Waals surface area (Å²) >= 11 is 0. The molecule has 0 spiro atoms. The van der Waals surface area contributed by atoms with Crippen molar-refractivity contribution in [2.75, 3.05) is 11.9 Å². The van der Waals surface area contributed by atoms with Gasteiger partial charge < -0.3 is 15.4 Å². The Labute approximate surface area is 149 Å². The molecule has 3 N–H and O–H groups in total. The van der Waals surface area contributed by atoms with Crippen LogP contribution in [0.15, 0.2) is 47.4 Å². The number of aromatic nitrogens is 3. The van der Waals surface area contributed by atoms with Crippen molar-refractivity contribution < 1.29 is 9.50 Å². The fourth-order valence-electron chi connectivity index (χ4n) is 2.48. The van der Waals surface area contributed by atoms with Gasteiger partial charge in [-0.2, -0.15) is 0 Å². The molecule has 6 nitrogen and oxygen atoms in total. The highest BCUT2D eigenvalue weighted by molar-refractivity contribution is 5.56. The summed E-state index contributed by atoms with van der Waals surface area (Å²) in [5.41, 5.74) is 1.97. The van der Waals surface area contributed by atoms with Gasteiger partial charge in [0, 0.05) is 35.1 Å². The number of aliphatic hydroxyl groups excluding tert-OH is 1. The Kier molecular flexibility index (Phi) is 5.09. The van der Waals surface area contributed by atoms with Gasteiger partial charge in [0.25, 0.3) is 5.56 Å². The molecule has 7 heteroatoms. The minimum absolute atomic E-state index is 0.117. The van der Waals surface area contributed by atoms with Gasteiger partial charge >= 0.3 is 0 Å². The zero-order valence-corrected chi connectivity index (χ0v) is 14.5. The summed E-state index contributed by atoms with van der Waals surface area (Å²) in [5, 5.41) is 13.1. The van der Waals surface area contributed by atoms with Crippen LogP contribution in [0.4, 0.5) is 10.2 Å². The summed E-state index contributed by atoms with van der Waals surface area (Å²) in [7, 11) is 0. The third-order valence-electron chi connectivity index (χ3n) is 4.17. The number of H-pyrrole nitrogens is 1. The molecule has 1 unspecified atom stereocenters. The van der Waals surface area contributed by atoms with Gasteiger partial charge in [0.05, 0.1) is 6.10 Å². The minimum atomic E-state index is -0.990. The topological polar surface area (TPSA) is 90.9 Å². The number of aromatic amines is 1. The number of anilines is 1. The molecule has 0 aliphatic rings. The number of hydrogen-bond donors (Lipinski definition) is 3. The number of nitrogens with zero attached hydrogens (tertiary/aromatic N) is 2. The normalized spacial score (nSPS) is 12.0. The molecule has 0 aliphatic carbocycles. The molecule has 0 fully saturated rings. The first-order valence-electron chi connectivity index (χ1n) is 8.16. The summed E-state index contributed by atoms with van der Waals surface area (Å²) in [4.78, 5) is 23.2. The van der Waals surface area contributed by atoms with E-state index in [1.807, 2.05) is 0 Å². The Balaban J connectivity index is 1.70. The Hall–Kier alpha value is -3.06. The highest BCUT2D eigenvalue weighted by Gasteiger charge is 2.12. The molecule has 0 saturated heterocycles. The number of halogens is 1. The van der Waals surface area contributed by atoms with Gasteiger partial charge in [-0.25, -0.2) is 14.4 Å². The average molecular weight is 354 g/mol. The molecule has 0 amide bonds. The molecule has 0 saturated carbocycles. The van der Waals surface area contributed by atoms with Crippen molar-refractivity contribution in [1.29, 1.82) is 0 Å². The minimum Gasteiger partial charge on any atom is -0.386 e. The monoisotopic (exact) mass is 354 g/mol. The van der Waals surface area contributed by atoms with Crippen molar-refractivity contribution in [1.82, 2.24) is 15.0 Å². The van der Waals surface area contributed by atoms with Crippen molar-refractivity contribution in [3.63, 3.8) is 0 Å². The first kappa shape index (κ1) is 17.8. The van der Waals surface area contributed by atoms with Crippen LogP contribution < -0.4 is 10.9 Å². The van der Waals surface area contributed by atoms with Crippen LogP contribution in [0.2, 0.25) is 0 Å². The number of nitrogens with one attached hydrogen (secondary N) is 2. The van der Waals surface area contributed by atoms with Crippen LogP contribution in [0.1, 0.15) is 22.9 Å². The lowest BCUT2D eigenvalue weighted by atomic mass is 10.1. The third kappa shape index (κ3) is 3.78. The number of aliphatic hydroxyl groups is 1. The zero-order valence-electron chi connectivity index (χ0n) is 14.5. The van der Waals surface area contributed by atoms with Gasteiger partial charge in [-0.1, -0.05) is 18.2 Å². The van der Waals surface area contributed by atoms with Crippen molar-refractivity contribution in [3.05, 3.63) is 75.6 Å². The Morgan fingerprint density at radius 1 is 1.23 bits per heavy atom. The molecule has 134 valence electrons. The maximum atomic E-state index is 13.7. The van der Waals surface area contributed by atoms with E-state index in [2.05, 4.69) is 20.3 Å². The molecular formula is C19H19FN4O2. The largest absolute Gasteiger partial charge is 0.386 e. The molecule has 1 aromatic carbocycles. The molecule has 0 bridgehead atoms. The lowest BCUT2D eigenvalue weighted by Crippen LogP contribution is -2.15. The van der Waals surface area contributed by atoms with E-state index in [0.29, 0.717) is 28.5 Å². The van der Waals surface area contributed by atoms with E-state index in [9.17, 15) is 14.3 Å². The zero-order chi connectivity index (χ0) is 18.7. The summed E-state index contributed by atoms with van der Waals surface area (Å²) in [6, 6.07) is 9.57. The van der Waals surface area contributed by atoms with Crippen LogP contribution in [0.25, 0.3) is 11.4 Å². The van der Waals surface area contributed by atoms with Gasteiger partial charge in [0.2, 0.25) is 0 Å². The van der Waals surface area contributed by atoms with E-state index in [1.165, 1.54) is 6.07 Å². The Bertz CT molecular complexity index is 970. The summed E-state index contributed by atoms with van der Waals surface area (Å²) in [5.74, 6) is 0.522. The highest BCUT2D eigenvalue weighted by atomic mass is 19.1. The molecular weight excluding hydrogens is 335 g/mol. The Morgan fingerprint density at radius 2 is 2.00 bits per heavy atom. The quantitative estimate of drug-likeness (QED) is 0.655. The van der Waals surface area contributed by atoms with Crippen molar-refractivity contribution in [3.8, 4) is 11.4 Å². The number of rotatable bonds is 5. The lowest BCUT2D eigenvalue weighted by Gasteiger charge is -2.13. The first-order valence-corrected chi connectivity index (χ1v) is 8.16. The number of pyridine rings is 1. The van der Waals surface area contributed by atoms with Gasteiger partial charge in [-0.15, -0.1) is 0 Å². The fourth-order valence-corrected chi connectivity index (χ4v) is 2.48. The molecule has 1 atom stereocenters. The summed E-state index contributed by atoms with van der Waals surface area (Å²) < 4.78 is 13.7. The van der Waals surface area contributed by atoms with Crippen LogP contribution in [0.5, 0.6) is 0 Å². The van der Waals surface area contributed by atoms with Gasteiger partial charge in [0.1, 0.15) is 17.5 Å². The SMILES string of the molecule is Cc1nc(-c2ccc(NCC(O)c3ccccc3F)nc2)[nH]c(=O)c1C. The van der Waals surface area contributed by atoms with Gasteiger partial charge in [-0.05, 0) is 32.0 Å². The van der Waals surface area contributed by atoms with Crippen molar-refractivity contribution >= 4 is 5.82 Å². The van der Waals surface area contributed by atoms with E-state index in [-0.39, 0.29) is 17.7 Å². The van der Waals surface area contributed by atoms with E-state index in [4.69, 9.17) is 0 Å². The van der Waals surface area contributed by atoms with E-state index >= 15 is 0 Å². The van der Waals surface area contributed by atoms with Crippen molar-refractivity contribution in [2.45, 2.75) is 20.0 Å². The maximum absolute atomic E-state index is 13.7. The second-order valence-electron chi connectivity index (χ2n) is 5.98. The van der Waals surface area contributed by atoms with Crippen LogP contribution in [0.3, 0.4) is 0 Å². The standard InChI is InChI=1S/C19H19FN4O2/c1-11-12(2)23-18(24-19(11)26)13-7-8-17(21-9-13)22-10-16(25)14-5-3-4-6-15(14)20/h3-9,16,25H,10H2,1-2H3,(H,21,22)(H,23,24,26). The van der Waals surface area contributed by atoms with Crippen LogP contribution in [-0.2, 0) is 0 Å². The predicted octanol–water partition coefficient (Wildman–Crippen LogP) is 2.73. The maximum Gasteiger partial charge on any atom is 0.254 e. The molecule has 3 aromatic rings. The molecule has 0 aliphatic heterocycles. The van der Waals surface area contributed by atoms with Crippen LogP contribution >= 0.6 is 0 Å². The third-order valence-corrected chi connectivity index (χ3v) is 4.17. The smallest absolute Gasteiger partial charge is 0.254 e. The van der Waals surface area contributed by atoms with Crippen LogP contribution in [0, 0.1) is 19.7 Å². The number of aryl methyl sites for hydroxylation is 1. The second kappa shape index (κ2) is 7.45. The first-order chi connectivity index (χ1) is 12.5. The Morgan fingerprint density at radius 3 is 2.65 bits per heavy atom. The van der Waals surface area contributed by atoms with Crippen LogP contribution in [-0.4, -0.2) is 26.6 Å². The predicted molar refractivity (Wildman–Crippen MR) is 97.4 cm³/mol. The number of hydrogen-bond acceptors (Lipinski definition) is 5. The van der Waals surface area contributed by atoms with E-state index in [0.717, 1.165) is 0 Å². The van der Waals surface area contributed by atoms with E-state index < -0.39 is 11.9 Å². The van der Waals surface area contributed by atoms with Gasteiger partial charge in [0.15, 0.2) is 0 Å².